The molecule has 0 aliphatic carbocycles. The van der Waals surface area contributed by atoms with Gasteiger partial charge in [-0.3, -0.25) is 4.98 Å². The molecule has 0 radical (unpaired) electrons. The Morgan fingerprint density at radius 2 is 2.04 bits per heavy atom. The molecular weight excluding hydrogens is 296 g/mol. The summed E-state index contributed by atoms with van der Waals surface area (Å²) >= 11 is 0. The van der Waals surface area contributed by atoms with E-state index in [0.29, 0.717) is 5.56 Å². The molecule has 0 aliphatic heterocycles. The highest BCUT2D eigenvalue weighted by atomic mass is 14.9. The molecule has 4 heteroatoms. The van der Waals surface area contributed by atoms with Gasteiger partial charge in [-0.25, -0.2) is 4.98 Å². The van der Waals surface area contributed by atoms with Crippen LogP contribution in [0.3, 0.4) is 0 Å². The van der Waals surface area contributed by atoms with Gasteiger partial charge >= 0.3 is 0 Å². The maximum absolute atomic E-state index is 9.05. The summed E-state index contributed by atoms with van der Waals surface area (Å²) in [6.45, 7) is 2.20. The number of pyridine rings is 1. The van der Waals surface area contributed by atoms with E-state index in [1.807, 2.05) is 36.7 Å². The summed E-state index contributed by atoms with van der Waals surface area (Å²) in [5.41, 5.74) is 4.65. The molecule has 3 rings (SSSR count). The highest BCUT2D eigenvalue weighted by Gasteiger charge is 2.10. The summed E-state index contributed by atoms with van der Waals surface area (Å²) in [6.07, 6.45) is 8.16. The lowest BCUT2D eigenvalue weighted by Gasteiger charge is -2.06. The minimum absolute atomic E-state index is 0.644. The quantitative estimate of drug-likeness (QED) is 0.668. The molecule has 0 fully saturated rings. The lowest BCUT2D eigenvalue weighted by Crippen LogP contribution is -1.95. The number of nitrogens with one attached hydrogen (secondary N) is 1. The zero-order valence-electron chi connectivity index (χ0n) is 13.8. The van der Waals surface area contributed by atoms with Crippen LogP contribution in [0.4, 0.5) is 0 Å². The first-order valence-corrected chi connectivity index (χ1v) is 8.31. The average molecular weight is 316 g/mol. The molecule has 0 amide bonds. The van der Waals surface area contributed by atoms with Crippen molar-refractivity contribution >= 4 is 0 Å². The molecule has 3 aromatic rings. The Labute approximate surface area is 142 Å². The molecule has 24 heavy (non-hydrogen) atoms. The number of benzene rings is 1. The van der Waals surface area contributed by atoms with Crippen LogP contribution >= 0.6 is 0 Å². The molecule has 120 valence electrons. The van der Waals surface area contributed by atoms with Crippen LogP contribution in [-0.2, 0) is 6.42 Å². The van der Waals surface area contributed by atoms with Gasteiger partial charge in [0.05, 0.1) is 29.2 Å². The molecule has 2 heterocycles. The second-order valence-corrected chi connectivity index (χ2v) is 5.79. The Morgan fingerprint density at radius 3 is 2.88 bits per heavy atom. The van der Waals surface area contributed by atoms with Crippen LogP contribution in [0.2, 0.25) is 0 Å². The number of nitriles is 1. The van der Waals surface area contributed by atoms with Gasteiger partial charge in [0.25, 0.3) is 0 Å². The number of aryl methyl sites for hydroxylation is 1. The van der Waals surface area contributed by atoms with E-state index in [1.54, 1.807) is 6.07 Å². The monoisotopic (exact) mass is 316 g/mol. The van der Waals surface area contributed by atoms with Crippen molar-refractivity contribution in [1.29, 1.82) is 5.26 Å². The third-order valence-corrected chi connectivity index (χ3v) is 4.04. The topological polar surface area (TPSA) is 65.4 Å². The number of aromatic amines is 1. The fourth-order valence-corrected chi connectivity index (χ4v) is 2.76. The minimum Gasteiger partial charge on any atom is -0.338 e. The van der Waals surface area contributed by atoms with E-state index in [4.69, 9.17) is 5.26 Å². The maximum atomic E-state index is 9.05. The van der Waals surface area contributed by atoms with Crippen LogP contribution < -0.4 is 0 Å². The van der Waals surface area contributed by atoms with Crippen molar-refractivity contribution in [2.24, 2.45) is 0 Å². The van der Waals surface area contributed by atoms with Crippen molar-refractivity contribution < 1.29 is 0 Å². The summed E-state index contributed by atoms with van der Waals surface area (Å²) in [5.74, 6) is 0.826. The van der Waals surface area contributed by atoms with Crippen molar-refractivity contribution in [3.05, 3.63) is 60.0 Å². The van der Waals surface area contributed by atoms with Gasteiger partial charge in [0.2, 0.25) is 0 Å². The Hall–Kier alpha value is -2.93. The summed E-state index contributed by atoms with van der Waals surface area (Å²) in [5, 5.41) is 9.05. The number of hydrogen-bond donors (Lipinski definition) is 1. The van der Waals surface area contributed by atoms with Gasteiger partial charge in [0, 0.05) is 17.3 Å². The van der Waals surface area contributed by atoms with Gasteiger partial charge in [-0.05, 0) is 37.1 Å². The van der Waals surface area contributed by atoms with E-state index in [-0.39, 0.29) is 0 Å². The highest BCUT2D eigenvalue weighted by molar-refractivity contribution is 5.66. The molecule has 0 saturated carbocycles. The summed E-state index contributed by atoms with van der Waals surface area (Å²) in [7, 11) is 0. The molecule has 0 atom stereocenters. The number of unbranched alkanes of at least 4 members (excludes halogenated alkanes) is 2. The zero-order chi connectivity index (χ0) is 16.8. The molecule has 1 N–H and O–H groups in total. The standard InChI is InChI=1S/C20H20N4/c1-2-3-4-10-18-17(9-6-11-22-18)20-23-14-19(24-20)16-8-5-7-15(12-16)13-21/h5-9,11-12,14H,2-4,10H2,1H3,(H,23,24). The van der Waals surface area contributed by atoms with Gasteiger partial charge in [-0.15, -0.1) is 0 Å². The highest BCUT2D eigenvalue weighted by Crippen LogP contribution is 2.25. The number of rotatable bonds is 6. The Balaban J connectivity index is 1.89. The average Bonchev–Trinajstić information content (AvgIpc) is 3.12. The Bertz CT molecular complexity index is 858. The van der Waals surface area contributed by atoms with E-state index >= 15 is 0 Å². The van der Waals surface area contributed by atoms with Crippen molar-refractivity contribution in [3.63, 3.8) is 0 Å². The Kier molecular flexibility index (Phi) is 5.02. The molecule has 0 aliphatic rings. The number of hydrogen-bond acceptors (Lipinski definition) is 3. The number of imidazole rings is 1. The van der Waals surface area contributed by atoms with Crippen LogP contribution in [0, 0.1) is 11.3 Å². The van der Waals surface area contributed by atoms with Crippen LogP contribution in [0.5, 0.6) is 0 Å². The number of H-pyrrole nitrogens is 1. The largest absolute Gasteiger partial charge is 0.338 e. The van der Waals surface area contributed by atoms with Gasteiger partial charge in [-0.2, -0.15) is 5.26 Å². The molecule has 0 saturated heterocycles. The Morgan fingerprint density at radius 1 is 1.12 bits per heavy atom. The molecule has 0 spiro atoms. The van der Waals surface area contributed by atoms with Crippen LogP contribution in [0.15, 0.2) is 48.8 Å². The normalized spacial score (nSPS) is 10.5. The van der Waals surface area contributed by atoms with E-state index < -0.39 is 0 Å². The molecule has 4 nitrogen and oxygen atoms in total. The second-order valence-electron chi connectivity index (χ2n) is 5.79. The van der Waals surface area contributed by atoms with Crippen LogP contribution in [-0.4, -0.2) is 15.0 Å². The summed E-state index contributed by atoms with van der Waals surface area (Å²) < 4.78 is 0. The molecule has 0 unspecified atom stereocenters. The second kappa shape index (κ2) is 7.56. The van der Waals surface area contributed by atoms with E-state index in [1.165, 1.54) is 12.8 Å². The summed E-state index contributed by atoms with van der Waals surface area (Å²) in [4.78, 5) is 12.4. The van der Waals surface area contributed by atoms with E-state index in [9.17, 15) is 0 Å². The third kappa shape index (κ3) is 3.52. The van der Waals surface area contributed by atoms with Gasteiger partial charge < -0.3 is 4.98 Å². The number of aromatic nitrogens is 3. The first-order chi connectivity index (χ1) is 11.8. The maximum Gasteiger partial charge on any atom is 0.139 e. The number of nitrogens with zero attached hydrogens (tertiary/aromatic N) is 3. The van der Waals surface area contributed by atoms with Gasteiger partial charge in [0.1, 0.15) is 5.82 Å². The predicted molar refractivity (Wildman–Crippen MR) is 95.2 cm³/mol. The van der Waals surface area contributed by atoms with Crippen LogP contribution in [0.25, 0.3) is 22.6 Å². The first kappa shape index (κ1) is 15.9. The first-order valence-electron chi connectivity index (χ1n) is 8.31. The van der Waals surface area contributed by atoms with Crippen molar-refractivity contribution in [1.82, 2.24) is 15.0 Å². The van der Waals surface area contributed by atoms with Crippen molar-refractivity contribution in [2.45, 2.75) is 32.6 Å². The van der Waals surface area contributed by atoms with Crippen molar-refractivity contribution in [3.8, 4) is 28.7 Å². The molecular formula is C20H20N4. The SMILES string of the molecule is CCCCCc1ncccc1-c1ncc(-c2cccc(C#N)c2)[nH]1. The van der Waals surface area contributed by atoms with Gasteiger partial charge in [0.15, 0.2) is 0 Å². The van der Waals surface area contributed by atoms with E-state index in [0.717, 1.165) is 41.2 Å². The molecule has 0 bridgehead atoms. The smallest absolute Gasteiger partial charge is 0.139 e. The minimum atomic E-state index is 0.644. The van der Waals surface area contributed by atoms with Gasteiger partial charge in [-0.1, -0.05) is 31.9 Å². The summed E-state index contributed by atoms with van der Waals surface area (Å²) in [6, 6.07) is 13.7. The third-order valence-electron chi connectivity index (χ3n) is 4.04. The fourth-order valence-electron chi connectivity index (χ4n) is 2.76. The zero-order valence-corrected chi connectivity index (χ0v) is 13.8. The lowest BCUT2D eigenvalue weighted by molar-refractivity contribution is 0.708. The van der Waals surface area contributed by atoms with Crippen LogP contribution in [0.1, 0.15) is 37.4 Å². The molecule has 1 aromatic carbocycles. The molecule has 2 aromatic heterocycles. The fraction of sp³-hybridized carbons (Fsp3) is 0.250. The van der Waals surface area contributed by atoms with E-state index in [2.05, 4.69) is 34.0 Å². The lowest BCUT2D eigenvalue weighted by atomic mass is 10.1. The predicted octanol–water partition coefficient (Wildman–Crippen LogP) is 4.74. The van der Waals surface area contributed by atoms with Crippen molar-refractivity contribution in [2.75, 3.05) is 0 Å².